The van der Waals surface area contributed by atoms with Crippen molar-refractivity contribution in [2.75, 3.05) is 33.2 Å². The summed E-state index contributed by atoms with van der Waals surface area (Å²) in [7, 11) is 1.95. The number of benzene rings is 1. The minimum Gasteiger partial charge on any atom is -0.337 e. The molecule has 0 aromatic heterocycles. The minimum absolute atomic E-state index is 0.0363. The largest absolute Gasteiger partial charge is 0.337 e. The lowest BCUT2D eigenvalue weighted by Crippen LogP contribution is -2.74. The zero-order valence-electron chi connectivity index (χ0n) is 20.1. The van der Waals surface area contributed by atoms with Gasteiger partial charge in [0.1, 0.15) is 18.8 Å². The Bertz CT molecular complexity index is 825. The van der Waals surface area contributed by atoms with E-state index < -0.39 is 12.2 Å². The molecule has 33 heavy (non-hydrogen) atoms. The van der Waals surface area contributed by atoms with Gasteiger partial charge in [-0.1, -0.05) is 57.5 Å². The molecular weight excluding hydrogens is 420 g/mol. The van der Waals surface area contributed by atoms with Gasteiger partial charge in [-0.05, 0) is 24.9 Å². The summed E-state index contributed by atoms with van der Waals surface area (Å²) in [5, 5.41) is 14.9. The van der Waals surface area contributed by atoms with Crippen LogP contribution < -0.4 is 5.32 Å². The molecule has 2 heterocycles. The number of nitriles is 1. The maximum atomic E-state index is 12.8. The Hall–Kier alpha value is -2.96. The Kier molecular flexibility index (Phi) is 10.3. The van der Waals surface area contributed by atoms with Crippen LogP contribution in [-0.2, 0) is 20.9 Å². The topological polar surface area (TPSA) is 100.0 Å². The molecule has 0 bridgehead atoms. The molecule has 2 aliphatic rings. The second-order valence-electron chi connectivity index (χ2n) is 8.71. The number of piperazine rings is 1. The van der Waals surface area contributed by atoms with Gasteiger partial charge >= 0.3 is 0 Å². The Morgan fingerprint density at radius 3 is 2.48 bits per heavy atom. The van der Waals surface area contributed by atoms with Crippen molar-refractivity contribution < 1.29 is 14.4 Å². The Balaban J connectivity index is 0.000000357. The van der Waals surface area contributed by atoms with E-state index in [0.717, 1.165) is 13.0 Å². The second-order valence-corrected chi connectivity index (χ2v) is 8.71. The first-order valence-corrected chi connectivity index (χ1v) is 11.5. The molecule has 2 saturated heterocycles. The predicted molar refractivity (Wildman–Crippen MR) is 125 cm³/mol. The molecule has 2 fully saturated rings. The molecule has 0 spiro atoms. The first-order valence-electron chi connectivity index (χ1n) is 11.5. The monoisotopic (exact) mass is 456 g/mol. The highest BCUT2D eigenvalue weighted by atomic mass is 16.2. The van der Waals surface area contributed by atoms with Gasteiger partial charge in [-0.25, -0.2) is 0 Å². The van der Waals surface area contributed by atoms with Gasteiger partial charge in [-0.2, -0.15) is 10.3 Å². The number of rotatable bonds is 8. The fraction of sp³-hybridized carbons (Fsp3) is 0.583. The van der Waals surface area contributed by atoms with E-state index >= 15 is 0 Å². The summed E-state index contributed by atoms with van der Waals surface area (Å²) in [6, 6.07) is 11.8. The quantitative estimate of drug-likeness (QED) is 0.469. The Morgan fingerprint density at radius 1 is 1.24 bits per heavy atom. The van der Waals surface area contributed by atoms with E-state index in [2.05, 4.69) is 17.4 Å². The van der Waals surface area contributed by atoms with Crippen LogP contribution in [0.4, 0.5) is 0 Å². The number of carbonyl (C=O) groups excluding carboxylic acids is 3. The molecule has 0 saturated carbocycles. The van der Waals surface area contributed by atoms with E-state index in [1.54, 1.807) is 9.80 Å². The molecule has 1 N–H and O–H groups in total. The summed E-state index contributed by atoms with van der Waals surface area (Å²) >= 11 is 0. The van der Waals surface area contributed by atoms with Crippen LogP contribution in [0.5, 0.6) is 0 Å². The molecule has 3 rings (SSSR count). The van der Waals surface area contributed by atoms with Crippen molar-refractivity contribution in [1.29, 1.82) is 5.26 Å². The van der Waals surface area contributed by atoms with Crippen LogP contribution in [0.15, 0.2) is 30.3 Å². The lowest BCUT2D eigenvalue weighted by molar-refractivity contribution is -0.199. The first-order chi connectivity index (χ1) is 15.9. The molecule has 9 heteroatoms. The average Bonchev–Trinajstić information content (AvgIpc) is 2.78. The van der Waals surface area contributed by atoms with Crippen molar-refractivity contribution in [2.45, 2.75) is 52.4 Å². The van der Waals surface area contributed by atoms with E-state index in [4.69, 9.17) is 5.26 Å². The average molecular weight is 457 g/mol. The molecule has 1 aromatic rings. The molecule has 2 aliphatic heterocycles. The minimum atomic E-state index is -0.537. The fourth-order valence-electron chi connectivity index (χ4n) is 4.27. The van der Waals surface area contributed by atoms with Gasteiger partial charge in [0.05, 0.1) is 19.2 Å². The van der Waals surface area contributed by atoms with Crippen LogP contribution in [-0.4, -0.2) is 83.5 Å². The third-order valence-electron chi connectivity index (χ3n) is 5.61. The number of nitrogens with zero attached hydrogens (tertiary/aromatic N) is 5. The standard InChI is InChI=1S/C16H25N5O3.C8H11N/c1-4-5-13-16(24)18(8-12(2)3)9-14-20(11-22)19(7-6-17)10-15(23)21(13)14;1-9-7-8-5-3-2-4-6-8/h11-14H,4-5,7-10H2,1-3H3;2-6,9H,7H2,1H3/t13-,14?;/m0./s1. The second kappa shape index (κ2) is 12.9. The van der Waals surface area contributed by atoms with E-state index in [9.17, 15) is 14.4 Å². The molecule has 1 aromatic carbocycles. The normalized spacial score (nSPS) is 20.8. The Labute approximate surface area is 196 Å². The van der Waals surface area contributed by atoms with Gasteiger partial charge in [0.2, 0.25) is 18.2 Å². The summed E-state index contributed by atoms with van der Waals surface area (Å²) < 4.78 is 0. The maximum Gasteiger partial charge on any atom is 0.245 e. The van der Waals surface area contributed by atoms with Crippen molar-refractivity contribution in [3.05, 3.63) is 35.9 Å². The SMILES string of the molecule is CCC[C@H]1C(=O)N(CC(C)C)CC2N1C(=O)CN(CC#N)N2C=O.CNCc1ccccc1. The zero-order valence-corrected chi connectivity index (χ0v) is 20.1. The number of carbonyl (C=O) groups is 3. The molecule has 0 radical (unpaired) electrons. The lowest BCUT2D eigenvalue weighted by atomic mass is 10.0. The zero-order chi connectivity index (χ0) is 24.4. The highest BCUT2D eigenvalue weighted by molar-refractivity contribution is 5.90. The van der Waals surface area contributed by atoms with E-state index in [0.29, 0.717) is 25.3 Å². The third kappa shape index (κ3) is 6.76. The van der Waals surface area contributed by atoms with Gasteiger partial charge < -0.3 is 15.1 Å². The summed E-state index contributed by atoms with van der Waals surface area (Å²) in [6.07, 6.45) is 1.45. The van der Waals surface area contributed by atoms with Crippen molar-refractivity contribution in [2.24, 2.45) is 5.92 Å². The molecular formula is C24H36N6O3. The van der Waals surface area contributed by atoms with Crippen molar-refractivity contribution in [3.8, 4) is 6.07 Å². The third-order valence-corrected chi connectivity index (χ3v) is 5.61. The Morgan fingerprint density at radius 2 is 1.94 bits per heavy atom. The highest BCUT2D eigenvalue weighted by Crippen LogP contribution is 2.27. The molecule has 1 unspecified atom stereocenters. The van der Waals surface area contributed by atoms with Gasteiger partial charge in [0.25, 0.3) is 0 Å². The molecule has 0 aliphatic carbocycles. The van der Waals surface area contributed by atoms with Crippen molar-refractivity contribution >= 4 is 18.2 Å². The summed E-state index contributed by atoms with van der Waals surface area (Å²) in [5.74, 6) is 0.0426. The van der Waals surface area contributed by atoms with Gasteiger partial charge in [0, 0.05) is 13.1 Å². The lowest BCUT2D eigenvalue weighted by Gasteiger charge is -2.54. The number of hydrazine groups is 1. The maximum absolute atomic E-state index is 12.8. The first kappa shape index (κ1) is 26.3. The summed E-state index contributed by atoms with van der Waals surface area (Å²) in [6.45, 7) is 7.76. The number of nitrogens with one attached hydrogen (secondary N) is 1. The number of hydrogen-bond acceptors (Lipinski definition) is 6. The number of hydrogen-bond donors (Lipinski definition) is 1. The van der Waals surface area contributed by atoms with Crippen LogP contribution in [0, 0.1) is 17.2 Å². The van der Waals surface area contributed by atoms with Crippen LogP contribution >= 0.6 is 0 Å². The fourth-order valence-corrected chi connectivity index (χ4v) is 4.27. The van der Waals surface area contributed by atoms with E-state index in [1.165, 1.54) is 15.6 Å². The summed E-state index contributed by atoms with van der Waals surface area (Å²) in [4.78, 5) is 40.3. The number of fused-ring (bicyclic) bond motifs is 1. The van der Waals surface area contributed by atoms with Crippen molar-refractivity contribution in [1.82, 2.24) is 25.1 Å². The predicted octanol–water partition coefficient (Wildman–Crippen LogP) is 1.43. The van der Waals surface area contributed by atoms with Crippen LogP contribution in [0.1, 0.15) is 39.2 Å². The van der Waals surface area contributed by atoms with Gasteiger partial charge in [0.15, 0.2) is 0 Å². The number of amides is 3. The van der Waals surface area contributed by atoms with E-state index in [-0.39, 0.29) is 31.4 Å². The van der Waals surface area contributed by atoms with Crippen LogP contribution in [0.2, 0.25) is 0 Å². The van der Waals surface area contributed by atoms with Crippen molar-refractivity contribution in [3.63, 3.8) is 0 Å². The van der Waals surface area contributed by atoms with Crippen LogP contribution in [0.3, 0.4) is 0 Å². The smallest absolute Gasteiger partial charge is 0.245 e. The molecule has 180 valence electrons. The molecule has 9 nitrogen and oxygen atoms in total. The molecule has 2 atom stereocenters. The summed E-state index contributed by atoms with van der Waals surface area (Å²) in [5.41, 5.74) is 1.33. The van der Waals surface area contributed by atoms with Gasteiger partial charge in [-0.3, -0.25) is 19.4 Å². The van der Waals surface area contributed by atoms with Gasteiger partial charge in [-0.15, -0.1) is 0 Å². The van der Waals surface area contributed by atoms with E-state index in [1.807, 2.05) is 52.1 Å². The van der Waals surface area contributed by atoms with Crippen LogP contribution in [0.25, 0.3) is 0 Å². The highest BCUT2D eigenvalue weighted by Gasteiger charge is 2.49. The molecule has 3 amide bonds.